The van der Waals surface area contributed by atoms with Crippen LogP contribution in [0, 0.1) is 0 Å². The minimum Gasteiger partial charge on any atom is -0.289 e. The molecule has 2 heteroatoms. The van der Waals surface area contributed by atoms with Gasteiger partial charge in [-0.2, -0.15) is 0 Å². The molecule has 0 heterocycles. The molecule has 0 aromatic heterocycles. The van der Waals surface area contributed by atoms with Crippen molar-refractivity contribution >= 4 is 23.6 Å². The van der Waals surface area contributed by atoms with Crippen LogP contribution in [0.2, 0.25) is 0 Å². The number of unbranched alkanes of at least 4 members (excludes halogenated alkanes) is 6. The summed E-state index contributed by atoms with van der Waals surface area (Å²) in [6.07, 6.45) is 16.0. The Morgan fingerprint density at radius 3 is 2.11 bits per heavy atom. The molecule has 2 rings (SSSR count). The molecule has 0 aliphatic carbocycles. The van der Waals surface area contributed by atoms with Crippen LogP contribution in [0.4, 0.5) is 0 Å². The molecular weight excluding hydrogens is 348 g/mol. The fourth-order valence-corrected chi connectivity index (χ4v) is 3.51. The Hall–Kier alpha value is -1.80. The van der Waals surface area contributed by atoms with E-state index < -0.39 is 0 Å². The highest BCUT2D eigenvalue weighted by Gasteiger charge is 2.02. The van der Waals surface area contributed by atoms with E-state index in [1.54, 1.807) is 17.8 Å². The molecule has 2 aromatic rings. The van der Waals surface area contributed by atoms with Crippen LogP contribution in [0.25, 0.3) is 6.08 Å². The summed E-state index contributed by atoms with van der Waals surface area (Å²) in [6, 6.07) is 16.4. The van der Waals surface area contributed by atoms with Crippen molar-refractivity contribution in [2.24, 2.45) is 0 Å². The third-order valence-electron chi connectivity index (χ3n) is 4.85. The molecule has 0 atom stereocenters. The van der Waals surface area contributed by atoms with E-state index in [0.29, 0.717) is 0 Å². The Labute approximate surface area is 169 Å². The molecule has 0 N–H and O–H groups in total. The standard InChI is InChI=1S/C25H32OS/c1-3-4-5-6-7-8-9-10-21-11-16-23(17-12-21)25(26)20-15-22-13-18-24(27-2)19-14-22/h11-20H,3-10H2,1-2H3. The lowest BCUT2D eigenvalue weighted by atomic mass is 10.0. The molecule has 0 amide bonds. The van der Waals surface area contributed by atoms with Crippen molar-refractivity contribution in [1.29, 1.82) is 0 Å². The highest BCUT2D eigenvalue weighted by atomic mass is 32.2. The van der Waals surface area contributed by atoms with Crippen LogP contribution in [0.15, 0.2) is 59.5 Å². The van der Waals surface area contributed by atoms with Crippen LogP contribution in [0.5, 0.6) is 0 Å². The number of benzene rings is 2. The molecule has 1 nitrogen and oxygen atoms in total. The summed E-state index contributed by atoms with van der Waals surface area (Å²) in [5.74, 6) is 0.0615. The number of ketones is 1. The van der Waals surface area contributed by atoms with Gasteiger partial charge in [0, 0.05) is 10.5 Å². The van der Waals surface area contributed by atoms with Gasteiger partial charge in [0.2, 0.25) is 0 Å². The zero-order valence-corrected chi connectivity index (χ0v) is 17.6. The van der Waals surface area contributed by atoms with E-state index in [0.717, 1.165) is 17.5 Å². The zero-order chi connectivity index (χ0) is 19.3. The van der Waals surface area contributed by atoms with E-state index in [1.807, 2.05) is 30.3 Å². The second-order valence-electron chi connectivity index (χ2n) is 7.04. The Bertz CT molecular complexity index is 698. The van der Waals surface area contributed by atoms with Crippen molar-refractivity contribution in [3.05, 3.63) is 71.3 Å². The summed E-state index contributed by atoms with van der Waals surface area (Å²) in [6.45, 7) is 2.26. The predicted octanol–water partition coefficient (Wildman–Crippen LogP) is 7.60. The van der Waals surface area contributed by atoms with E-state index in [-0.39, 0.29) is 5.78 Å². The Morgan fingerprint density at radius 2 is 1.48 bits per heavy atom. The van der Waals surface area contributed by atoms with Gasteiger partial charge in [-0.05, 0) is 48.4 Å². The molecule has 144 valence electrons. The molecule has 27 heavy (non-hydrogen) atoms. The van der Waals surface area contributed by atoms with Crippen LogP contribution in [-0.4, -0.2) is 12.0 Å². The first-order valence-electron chi connectivity index (χ1n) is 10.2. The molecule has 0 radical (unpaired) electrons. The highest BCUT2D eigenvalue weighted by molar-refractivity contribution is 7.98. The van der Waals surface area contributed by atoms with Crippen molar-refractivity contribution in [1.82, 2.24) is 0 Å². The number of hydrogen-bond acceptors (Lipinski definition) is 2. The lowest BCUT2D eigenvalue weighted by molar-refractivity contribution is 0.104. The average Bonchev–Trinajstić information content (AvgIpc) is 2.72. The number of carbonyl (C=O) groups is 1. The molecule has 0 saturated carbocycles. The molecule has 0 bridgehead atoms. The van der Waals surface area contributed by atoms with Crippen LogP contribution in [0.1, 0.15) is 73.4 Å². The van der Waals surface area contributed by atoms with Gasteiger partial charge in [-0.3, -0.25) is 4.79 Å². The average molecular weight is 381 g/mol. The van der Waals surface area contributed by atoms with Crippen LogP contribution in [-0.2, 0) is 6.42 Å². The Balaban J connectivity index is 1.76. The predicted molar refractivity (Wildman–Crippen MR) is 120 cm³/mol. The van der Waals surface area contributed by atoms with Crippen LogP contribution in [0.3, 0.4) is 0 Å². The fraction of sp³-hybridized carbons (Fsp3) is 0.400. The molecule has 0 unspecified atom stereocenters. The van der Waals surface area contributed by atoms with Gasteiger partial charge in [0.25, 0.3) is 0 Å². The minimum atomic E-state index is 0.0615. The molecule has 0 spiro atoms. The van der Waals surface area contributed by atoms with Gasteiger partial charge >= 0.3 is 0 Å². The number of aryl methyl sites for hydroxylation is 1. The molecular formula is C25H32OS. The second-order valence-corrected chi connectivity index (χ2v) is 7.92. The molecule has 0 saturated heterocycles. The number of hydrogen-bond donors (Lipinski definition) is 0. The van der Waals surface area contributed by atoms with Gasteiger partial charge in [0.1, 0.15) is 0 Å². The van der Waals surface area contributed by atoms with Crippen molar-refractivity contribution in [2.75, 3.05) is 6.26 Å². The lowest BCUT2D eigenvalue weighted by Gasteiger charge is -2.03. The minimum absolute atomic E-state index is 0.0615. The largest absolute Gasteiger partial charge is 0.289 e. The summed E-state index contributed by atoms with van der Waals surface area (Å²) < 4.78 is 0. The highest BCUT2D eigenvalue weighted by Crippen LogP contribution is 2.16. The molecule has 2 aromatic carbocycles. The van der Waals surface area contributed by atoms with E-state index >= 15 is 0 Å². The maximum atomic E-state index is 12.3. The summed E-state index contributed by atoms with van der Waals surface area (Å²) in [4.78, 5) is 13.6. The second kappa shape index (κ2) is 12.6. The summed E-state index contributed by atoms with van der Waals surface area (Å²) >= 11 is 1.72. The van der Waals surface area contributed by atoms with Gasteiger partial charge in [0.05, 0.1) is 0 Å². The summed E-state index contributed by atoms with van der Waals surface area (Å²) in [7, 11) is 0. The van der Waals surface area contributed by atoms with E-state index in [4.69, 9.17) is 0 Å². The van der Waals surface area contributed by atoms with E-state index in [9.17, 15) is 4.79 Å². The van der Waals surface area contributed by atoms with Crippen molar-refractivity contribution in [2.45, 2.75) is 63.2 Å². The molecule has 0 fully saturated rings. The number of allylic oxidation sites excluding steroid dienone is 1. The number of carbonyl (C=O) groups excluding carboxylic acids is 1. The molecule has 0 aliphatic heterocycles. The maximum Gasteiger partial charge on any atom is 0.185 e. The SMILES string of the molecule is CCCCCCCCCc1ccc(C(=O)C=Cc2ccc(SC)cc2)cc1. The summed E-state index contributed by atoms with van der Waals surface area (Å²) in [5.41, 5.74) is 3.14. The first-order chi connectivity index (χ1) is 13.2. The monoisotopic (exact) mass is 380 g/mol. The van der Waals surface area contributed by atoms with Crippen LogP contribution < -0.4 is 0 Å². The third kappa shape index (κ3) is 8.17. The Kier molecular flexibility index (Phi) is 10.0. The maximum absolute atomic E-state index is 12.3. The normalized spacial score (nSPS) is 11.2. The van der Waals surface area contributed by atoms with Crippen molar-refractivity contribution in [3.63, 3.8) is 0 Å². The number of thioether (sulfide) groups is 1. The van der Waals surface area contributed by atoms with E-state index in [2.05, 4.69) is 37.4 Å². The first-order valence-corrected chi connectivity index (χ1v) is 11.4. The summed E-state index contributed by atoms with van der Waals surface area (Å²) in [5, 5.41) is 0. The topological polar surface area (TPSA) is 17.1 Å². The fourth-order valence-electron chi connectivity index (χ4n) is 3.11. The first kappa shape index (κ1) is 21.5. The van der Waals surface area contributed by atoms with Gasteiger partial charge in [0.15, 0.2) is 5.78 Å². The third-order valence-corrected chi connectivity index (χ3v) is 5.59. The van der Waals surface area contributed by atoms with Crippen LogP contribution >= 0.6 is 11.8 Å². The lowest BCUT2D eigenvalue weighted by Crippen LogP contribution is -1.95. The van der Waals surface area contributed by atoms with Gasteiger partial charge in [-0.1, -0.05) is 87.9 Å². The quantitative estimate of drug-likeness (QED) is 0.163. The van der Waals surface area contributed by atoms with Gasteiger partial charge < -0.3 is 0 Å². The van der Waals surface area contributed by atoms with E-state index in [1.165, 1.54) is 55.4 Å². The van der Waals surface area contributed by atoms with Gasteiger partial charge in [-0.25, -0.2) is 0 Å². The smallest absolute Gasteiger partial charge is 0.185 e. The zero-order valence-electron chi connectivity index (χ0n) is 16.7. The van der Waals surface area contributed by atoms with Gasteiger partial charge in [-0.15, -0.1) is 11.8 Å². The van der Waals surface area contributed by atoms with Crippen molar-refractivity contribution < 1.29 is 4.79 Å². The van der Waals surface area contributed by atoms with Crippen molar-refractivity contribution in [3.8, 4) is 0 Å². The molecule has 0 aliphatic rings. The Morgan fingerprint density at radius 1 is 0.852 bits per heavy atom. The number of rotatable bonds is 12.